The second-order valence-corrected chi connectivity index (χ2v) is 1.33. The lowest BCUT2D eigenvalue weighted by molar-refractivity contribution is 1.42. The maximum Gasteiger partial charge on any atom is 0.423 e. The molecule has 0 aromatic carbocycles. The van der Waals surface area contributed by atoms with Gasteiger partial charge < -0.3 is 0 Å². The molecule has 0 N–H and O–H groups in total. The van der Waals surface area contributed by atoms with Gasteiger partial charge in [-0.25, -0.2) is 0 Å². The van der Waals surface area contributed by atoms with E-state index >= 15 is 0 Å². The summed E-state index contributed by atoms with van der Waals surface area (Å²) in [5, 5.41) is 0. The zero-order valence-corrected chi connectivity index (χ0v) is 5.20. The van der Waals surface area contributed by atoms with Crippen LogP contribution in [0, 0.1) is 13.1 Å². The van der Waals surface area contributed by atoms with Crippen LogP contribution >= 0.6 is 0 Å². The molecule has 0 amide bonds. The SMILES string of the molecule is C#[N+]C(=C)N=C(C)[N+]#C. The Balaban J connectivity index is 4.22. The molecule has 0 radical (unpaired) electrons. The molecule has 0 rings (SSSR count). The van der Waals surface area contributed by atoms with Crippen LogP contribution in [-0.4, -0.2) is 5.84 Å². The minimum atomic E-state index is 0.210. The summed E-state index contributed by atoms with van der Waals surface area (Å²) in [7, 11) is 0. The molecule has 3 nitrogen and oxygen atoms in total. The quantitative estimate of drug-likeness (QED) is 0.372. The van der Waals surface area contributed by atoms with Gasteiger partial charge in [0.2, 0.25) is 0 Å². The molecule has 0 heterocycles. The summed E-state index contributed by atoms with van der Waals surface area (Å²) in [5.41, 5.74) is 0. The number of hydrogen-bond donors (Lipinski definition) is 0. The summed E-state index contributed by atoms with van der Waals surface area (Å²) in [6, 6.07) is 0. The van der Waals surface area contributed by atoms with Gasteiger partial charge in [-0.05, 0) is 0 Å². The Morgan fingerprint density at radius 1 is 1.44 bits per heavy atom. The van der Waals surface area contributed by atoms with E-state index in [-0.39, 0.29) is 5.82 Å². The molecule has 0 aromatic heterocycles. The molecular weight excluding hydrogens is 114 g/mol. The van der Waals surface area contributed by atoms with Gasteiger partial charge in [0.05, 0.1) is 6.92 Å². The lowest BCUT2D eigenvalue weighted by atomic mass is 10.7. The molecule has 0 unspecified atom stereocenters. The van der Waals surface area contributed by atoms with Crippen molar-refractivity contribution in [3.63, 3.8) is 0 Å². The average Bonchev–Trinajstić information content (AvgIpc) is 1.87. The molecule has 9 heavy (non-hydrogen) atoms. The third-order valence-electron chi connectivity index (χ3n) is 0.627. The van der Waals surface area contributed by atoms with Crippen molar-refractivity contribution in [1.29, 1.82) is 0 Å². The van der Waals surface area contributed by atoms with Gasteiger partial charge >= 0.3 is 11.7 Å². The fraction of sp³-hybridized carbons (Fsp3) is 0.167. The standard InChI is InChI=1S/C6H7N3/c1-5(7-3)9-6(2)8-4/h3-4H,1H2,2H3/q+2. The molecule has 3 heteroatoms. The van der Waals surface area contributed by atoms with Crippen LogP contribution in [0.2, 0.25) is 0 Å². The Kier molecular flexibility index (Phi) is 2.79. The first-order valence-corrected chi connectivity index (χ1v) is 2.26. The van der Waals surface area contributed by atoms with Crippen LogP contribution in [0.15, 0.2) is 17.4 Å². The lowest BCUT2D eigenvalue weighted by Gasteiger charge is -1.65. The highest BCUT2D eigenvalue weighted by atomic mass is 15.0. The van der Waals surface area contributed by atoms with Crippen LogP contribution < -0.4 is 0 Å². The Morgan fingerprint density at radius 2 is 2.00 bits per heavy atom. The highest BCUT2D eigenvalue weighted by Crippen LogP contribution is 1.93. The van der Waals surface area contributed by atoms with Crippen LogP contribution in [0.4, 0.5) is 0 Å². The van der Waals surface area contributed by atoms with Crippen molar-refractivity contribution in [3.8, 4) is 13.1 Å². The van der Waals surface area contributed by atoms with E-state index in [1.165, 1.54) is 0 Å². The highest BCUT2D eigenvalue weighted by Gasteiger charge is 2.03. The van der Waals surface area contributed by atoms with Crippen molar-refractivity contribution >= 4 is 5.84 Å². The second-order valence-electron chi connectivity index (χ2n) is 1.33. The van der Waals surface area contributed by atoms with E-state index in [1.807, 2.05) is 0 Å². The van der Waals surface area contributed by atoms with Gasteiger partial charge in [-0.1, -0.05) is 0 Å². The molecule has 44 valence electrons. The number of amidine groups is 1. The molecule has 0 aromatic rings. The molecule has 0 saturated heterocycles. The number of hydrogen-bond acceptors (Lipinski definition) is 1. The zero-order valence-electron chi connectivity index (χ0n) is 5.20. The van der Waals surface area contributed by atoms with Crippen molar-refractivity contribution in [1.82, 2.24) is 0 Å². The van der Waals surface area contributed by atoms with Crippen molar-refractivity contribution in [2.45, 2.75) is 6.92 Å². The summed E-state index contributed by atoms with van der Waals surface area (Å²) >= 11 is 0. The van der Waals surface area contributed by atoms with E-state index < -0.39 is 0 Å². The highest BCUT2D eigenvalue weighted by molar-refractivity contribution is 5.90. The van der Waals surface area contributed by atoms with Gasteiger partial charge in [0, 0.05) is 11.6 Å². The predicted octanol–water partition coefficient (Wildman–Crippen LogP) is 1.80. The van der Waals surface area contributed by atoms with Gasteiger partial charge in [-0.3, -0.25) is 0 Å². The minimum absolute atomic E-state index is 0.210. The van der Waals surface area contributed by atoms with Crippen LogP contribution in [-0.2, 0) is 0 Å². The molecule has 0 spiro atoms. The topological polar surface area (TPSA) is 21.1 Å². The number of nitrogens with zero attached hydrogens (tertiary/aromatic N) is 3. The zero-order chi connectivity index (χ0) is 7.28. The summed E-state index contributed by atoms with van der Waals surface area (Å²) in [4.78, 5) is 10.1. The van der Waals surface area contributed by atoms with E-state index in [4.69, 9.17) is 13.1 Å². The number of rotatable bonds is 1. The Hall–Kier alpha value is -1.61. The van der Waals surface area contributed by atoms with Gasteiger partial charge in [-0.2, -0.15) is 9.69 Å². The third-order valence-corrected chi connectivity index (χ3v) is 0.627. The van der Waals surface area contributed by atoms with E-state index in [0.717, 1.165) is 0 Å². The van der Waals surface area contributed by atoms with Gasteiger partial charge in [-0.15, -0.1) is 0 Å². The maximum absolute atomic E-state index is 4.85. The third kappa shape index (κ3) is 3.02. The van der Waals surface area contributed by atoms with Crippen LogP contribution in [0.5, 0.6) is 0 Å². The summed E-state index contributed by atoms with van der Waals surface area (Å²) in [6.45, 7) is 14.6. The minimum Gasteiger partial charge on any atom is -0.163 e. The van der Waals surface area contributed by atoms with Gasteiger partial charge in [0.15, 0.2) is 0 Å². The van der Waals surface area contributed by atoms with Gasteiger partial charge in [0.25, 0.3) is 0 Å². The Labute approximate surface area is 54.0 Å². The average molecular weight is 121 g/mol. The molecule has 0 aliphatic rings. The first-order valence-electron chi connectivity index (χ1n) is 2.26. The van der Waals surface area contributed by atoms with E-state index in [0.29, 0.717) is 5.84 Å². The van der Waals surface area contributed by atoms with Crippen molar-refractivity contribution in [2.24, 2.45) is 4.99 Å². The first-order chi connectivity index (χ1) is 4.20. The molecule has 0 fully saturated rings. The van der Waals surface area contributed by atoms with E-state index in [1.54, 1.807) is 6.92 Å². The first kappa shape index (κ1) is 7.39. The maximum atomic E-state index is 4.85. The second kappa shape index (κ2) is 3.40. The summed E-state index contributed by atoms with van der Waals surface area (Å²) in [5.74, 6) is 0.607. The van der Waals surface area contributed by atoms with Crippen molar-refractivity contribution in [2.75, 3.05) is 0 Å². The fourth-order valence-corrected chi connectivity index (χ4v) is 0.245. The monoisotopic (exact) mass is 121 g/mol. The Morgan fingerprint density at radius 3 is 2.33 bits per heavy atom. The van der Waals surface area contributed by atoms with Crippen LogP contribution in [0.25, 0.3) is 9.69 Å². The van der Waals surface area contributed by atoms with Crippen molar-refractivity contribution < 1.29 is 0 Å². The molecule has 0 saturated carbocycles. The van der Waals surface area contributed by atoms with Gasteiger partial charge in [0.1, 0.15) is 13.1 Å². The smallest absolute Gasteiger partial charge is 0.163 e. The molecular formula is C6H7N3+2. The summed E-state index contributed by atoms with van der Waals surface area (Å²) in [6.07, 6.45) is 0. The lowest BCUT2D eigenvalue weighted by Crippen LogP contribution is -1.78. The van der Waals surface area contributed by atoms with Crippen LogP contribution in [0.1, 0.15) is 6.92 Å². The molecule has 0 aliphatic heterocycles. The fourth-order valence-electron chi connectivity index (χ4n) is 0.245. The van der Waals surface area contributed by atoms with Crippen LogP contribution in [0.3, 0.4) is 0 Å². The molecule has 0 atom stereocenters. The Bertz CT molecular complexity index is 224. The summed E-state index contributed by atoms with van der Waals surface area (Å²) < 4.78 is 0. The normalized spacial score (nSPS) is 9.44. The molecule has 0 bridgehead atoms. The van der Waals surface area contributed by atoms with E-state index in [2.05, 4.69) is 21.3 Å². The molecule has 0 aliphatic carbocycles. The number of aliphatic imine (C=N–C) groups is 1. The predicted molar refractivity (Wildman–Crippen MR) is 38.9 cm³/mol. The largest absolute Gasteiger partial charge is 0.423 e. The van der Waals surface area contributed by atoms with E-state index in [9.17, 15) is 0 Å². The van der Waals surface area contributed by atoms with Crippen molar-refractivity contribution in [3.05, 3.63) is 22.1 Å².